The van der Waals surface area contributed by atoms with Gasteiger partial charge in [-0.1, -0.05) is 53.7 Å². The fourth-order valence-electron chi connectivity index (χ4n) is 1.79. The van der Waals surface area contributed by atoms with Crippen LogP contribution in [-0.2, 0) is 9.63 Å². The first-order valence-corrected chi connectivity index (χ1v) is 6.21. The molecule has 0 aliphatic heterocycles. The van der Waals surface area contributed by atoms with E-state index in [0.29, 0.717) is 5.71 Å². The van der Waals surface area contributed by atoms with Crippen molar-refractivity contribution in [3.8, 4) is 11.1 Å². The summed E-state index contributed by atoms with van der Waals surface area (Å²) in [7, 11) is 0. The highest BCUT2D eigenvalue weighted by Crippen LogP contribution is 2.20. The Morgan fingerprint density at radius 2 is 1.80 bits per heavy atom. The Balaban J connectivity index is 2.19. The first-order chi connectivity index (χ1) is 9.66. The van der Waals surface area contributed by atoms with Crippen LogP contribution in [0.5, 0.6) is 0 Å². The summed E-state index contributed by atoms with van der Waals surface area (Å²) in [6, 6.07) is 17.9. The molecule has 102 valence electrons. The lowest BCUT2D eigenvalue weighted by Gasteiger charge is -2.05. The Bertz CT molecular complexity index is 621. The molecular weight excluding hydrogens is 254 g/mol. The molecule has 0 bridgehead atoms. The molecule has 0 atom stereocenters. The van der Waals surface area contributed by atoms with Crippen molar-refractivity contribution in [3.63, 3.8) is 0 Å². The maximum absolute atomic E-state index is 10.4. The van der Waals surface area contributed by atoms with E-state index in [1.165, 1.54) is 0 Å². The number of rotatable bonds is 5. The van der Waals surface area contributed by atoms with Gasteiger partial charge in [-0.2, -0.15) is 0 Å². The van der Waals surface area contributed by atoms with Crippen LogP contribution in [0.25, 0.3) is 11.1 Å². The Morgan fingerprint density at radius 3 is 2.50 bits per heavy atom. The summed E-state index contributed by atoms with van der Waals surface area (Å²) in [5.41, 5.74) is 3.74. The van der Waals surface area contributed by atoms with Crippen LogP contribution in [0.15, 0.2) is 59.8 Å². The van der Waals surface area contributed by atoms with Gasteiger partial charge in [0.2, 0.25) is 6.61 Å². The van der Waals surface area contributed by atoms with Crippen LogP contribution in [0.1, 0.15) is 12.5 Å². The molecule has 4 heteroatoms. The molecule has 0 saturated heterocycles. The van der Waals surface area contributed by atoms with Gasteiger partial charge < -0.3 is 9.94 Å². The minimum Gasteiger partial charge on any atom is -0.479 e. The first-order valence-electron chi connectivity index (χ1n) is 6.21. The lowest BCUT2D eigenvalue weighted by Crippen LogP contribution is -2.05. The van der Waals surface area contributed by atoms with E-state index in [1.54, 1.807) is 6.92 Å². The molecule has 0 fully saturated rings. The SMILES string of the molecule is C/C(=N\OCC(=O)O)c1cccc(-c2ccccc2)c1. The van der Waals surface area contributed by atoms with Crippen LogP contribution >= 0.6 is 0 Å². The fraction of sp³-hybridized carbons (Fsp3) is 0.125. The third-order valence-corrected chi connectivity index (χ3v) is 2.78. The number of aliphatic carboxylic acids is 1. The summed E-state index contributed by atoms with van der Waals surface area (Å²) >= 11 is 0. The van der Waals surface area contributed by atoms with Gasteiger partial charge in [-0.25, -0.2) is 4.79 Å². The maximum atomic E-state index is 10.4. The molecule has 0 amide bonds. The normalized spacial score (nSPS) is 11.2. The number of hydrogen-bond acceptors (Lipinski definition) is 3. The summed E-state index contributed by atoms with van der Waals surface area (Å²) in [4.78, 5) is 15.1. The van der Waals surface area contributed by atoms with Gasteiger partial charge in [0.15, 0.2) is 0 Å². The minimum absolute atomic E-state index is 0.435. The van der Waals surface area contributed by atoms with Gasteiger partial charge in [0.1, 0.15) is 0 Å². The second-order valence-corrected chi connectivity index (χ2v) is 4.29. The lowest BCUT2D eigenvalue weighted by molar-refractivity contribution is -0.142. The topological polar surface area (TPSA) is 58.9 Å². The predicted molar refractivity (Wildman–Crippen MR) is 77.7 cm³/mol. The van der Waals surface area contributed by atoms with E-state index >= 15 is 0 Å². The van der Waals surface area contributed by atoms with Crippen molar-refractivity contribution in [1.29, 1.82) is 0 Å². The van der Waals surface area contributed by atoms with Gasteiger partial charge in [0.05, 0.1) is 5.71 Å². The van der Waals surface area contributed by atoms with Crippen LogP contribution in [0, 0.1) is 0 Å². The van der Waals surface area contributed by atoms with Gasteiger partial charge in [-0.3, -0.25) is 0 Å². The molecule has 2 aromatic rings. The molecule has 0 radical (unpaired) electrons. The standard InChI is InChI=1S/C16H15NO3/c1-12(17-20-11-16(18)19)14-8-5-9-15(10-14)13-6-3-2-4-7-13/h2-10H,11H2,1H3,(H,18,19)/b17-12+. The van der Waals surface area contributed by atoms with E-state index in [4.69, 9.17) is 9.94 Å². The van der Waals surface area contributed by atoms with E-state index in [2.05, 4.69) is 5.16 Å². The summed E-state index contributed by atoms with van der Waals surface area (Å²) < 4.78 is 0. The molecule has 0 saturated carbocycles. The number of hydrogen-bond donors (Lipinski definition) is 1. The van der Waals surface area contributed by atoms with Crippen molar-refractivity contribution in [1.82, 2.24) is 0 Å². The van der Waals surface area contributed by atoms with Crippen LogP contribution in [0.2, 0.25) is 0 Å². The third kappa shape index (κ3) is 3.68. The van der Waals surface area contributed by atoms with Crippen LogP contribution in [-0.4, -0.2) is 23.4 Å². The van der Waals surface area contributed by atoms with Gasteiger partial charge in [0.25, 0.3) is 0 Å². The first kappa shape index (κ1) is 13.8. The number of nitrogens with zero attached hydrogens (tertiary/aromatic N) is 1. The predicted octanol–water partition coefficient (Wildman–Crippen LogP) is 3.18. The number of carboxylic acid groups (broad SMARTS) is 1. The quantitative estimate of drug-likeness (QED) is 0.670. The molecule has 4 nitrogen and oxygen atoms in total. The molecule has 2 aromatic carbocycles. The zero-order valence-corrected chi connectivity index (χ0v) is 11.1. The van der Waals surface area contributed by atoms with Crippen molar-refractivity contribution in [3.05, 3.63) is 60.2 Å². The number of oxime groups is 1. The Labute approximate surface area is 117 Å². The van der Waals surface area contributed by atoms with E-state index in [9.17, 15) is 4.79 Å². The third-order valence-electron chi connectivity index (χ3n) is 2.78. The molecule has 20 heavy (non-hydrogen) atoms. The molecule has 2 rings (SSSR count). The highest BCUT2D eigenvalue weighted by molar-refractivity contribution is 5.99. The summed E-state index contributed by atoms with van der Waals surface area (Å²) in [5.74, 6) is -1.04. The molecular formula is C16H15NO3. The van der Waals surface area contributed by atoms with Crippen LogP contribution < -0.4 is 0 Å². The number of benzene rings is 2. The van der Waals surface area contributed by atoms with Crippen molar-refractivity contribution < 1.29 is 14.7 Å². The van der Waals surface area contributed by atoms with Crippen molar-refractivity contribution in [2.45, 2.75) is 6.92 Å². The average molecular weight is 269 g/mol. The molecule has 0 aliphatic carbocycles. The van der Waals surface area contributed by atoms with E-state index in [-0.39, 0.29) is 0 Å². The molecule has 0 aliphatic rings. The average Bonchev–Trinajstić information content (AvgIpc) is 2.48. The van der Waals surface area contributed by atoms with Crippen LogP contribution in [0.4, 0.5) is 0 Å². The zero-order chi connectivity index (χ0) is 14.4. The van der Waals surface area contributed by atoms with Crippen molar-refractivity contribution in [2.24, 2.45) is 5.16 Å². The monoisotopic (exact) mass is 269 g/mol. The Hall–Kier alpha value is -2.62. The molecule has 0 unspecified atom stereocenters. The highest BCUT2D eigenvalue weighted by atomic mass is 16.6. The summed E-state index contributed by atoms with van der Waals surface area (Å²) in [6.07, 6.45) is 0. The minimum atomic E-state index is -1.04. The highest BCUT2D eigenvalue weighted by Gasteiger charge is 2.02. The summed E-state index contributed by atoms with van der Waals surface area (Å²) in [5, 5.41) is 12.3. The number of carboxylic acids is 1. The lowest BCUT2D eigenvalue weighted by atomic mass is 10.0. The smallest absolute Gasteiger partial charge is 0.344 e. The Morgan fingerprint density at radius 1 is 1.10 bits per heavy atom. The largest absolute Gasteiger partial charge is 0.479 e. The molecule has 0 aromatic heterocycles. The van der Waals surface area contributed by atoms with Gasteiger partial charge in [-0.15, -0.1) is 0 Å². The van der Waals surface area contributed by atoms with Gasteiger partial charge in [0, 0.05) is 0 Å². The van der Waals surface area contributed by atoms with Gasteiger partial charge in [-0.05, 0) is 29.7 Å². The molecule has 0 heterocycles. The maximum Gasteiger partial charge on any atom is 0.344 e. The molecule has 0 spiro atoms. The second kappa shape index (κ2) is 6.52. The number of carbonyl (C=O) groups is 1. The van der Waals surface area contributed by atoms with Crippen molar-refractivity contribution in [2.75, 3.05) is 6.61 Å². The van der Waals surface area contributed by atoms with Crippen LogP contribution in [0.3, 0.4) is 0 Å². The van der Waals surface area contributed by atoms with E-state index < -0.39 is 12.6 Å². The van der Waals surface area contributed by atoms with Crippen molar-refractivity contribution >= 4 is 11.7 Å². The van der Waals surface area contributed by atoms with Gasteiger partial charge >= 0.3 is 5.97 Å². The molecule has 1 N–H and O–H groups in total. The van der Waals surface area contributed by atoms with E-state index in [1.807, 2.05) is 54.6 Å². The Kier molecular flexibility index (Phi) is 4.50. The van der Waals surface area contributed by atoms with E-state index in [0.717, 1.165) is 16.7 Å². The second-order valence-electron chi connectivity index (χ2n) is 4.29. The summed E-state index contributed by atoms with van der Waals surface area (Å²) in [6.45, 7) is 1.35. The fourth-order valence-corrected chi connectivity index (χ4v) is 1.79. The zero-order valence-electron chi connectivity index (χ0n) is 11.1.